The molecular formula is C15H15NO4. The van der Waals surface area contributed by atoms with Crippen LogP contribution in [0.15, 0.2) is 18.2 Å². The molecule has 1 heterocycles. The monoisotopic (exact) mass is 273 g/mol. The third kappa shape index (κ3) is 2.09. The largest absolute Gasteiger partial charge is 0.481 e. The van der Waals surface area contributed by atoms with E-state index in [2.05, 4.69) is 0 Å². The van der Waals surface area contributed by atoms with E-state index < -0.39 is 5.97 Å². The molecule has 0 aromatic heterocycles. The number of carboxylic acids is 1. The highest BCUT2D eigenvalue weighted by Gasteiger charge is 2.32. The van der Waals surface area contributed by atoms with Crippen molar-refractivity contribution in [3.05, 3.63) is 29.3 Å². The second-order valence-corrected chi connectivity index (χ2v) is 5.34. The standard InChI is InChI=1S/C15H15NO4/c17-13-6-9(7-15(19)20)11-4-3-10(8-12(11)13)16-5-1-2-14(16)18/h3-4,8-9H,1-2,5-7H2,(H,19,20)/t9-/m0/s1. The first-order chi connectivity index (χ1) is 9.56. The van der Waals surface area contributed by atoms with Gasteiger partial charge in [0.15, 0.2) is 5.78 Å². The van der Waals surface area contributed by atoms with Gasteiger partial charge in [0, 0.05) is 36.6 Å². The molecule has 0 bridgehead atoms. The summed E-state index contributed by atoms with van der Waals surface area (Å²) in [4.78, 5) is 36.3. The number of aliphatic carboxylic acids is 1. The van der Waals surface area contributed by atoms with Gasteiger partial charge in [0.25, 0.3) is 0 Å². The van der Waals surface area contributed by atoms with Crippen molar-refractivity contribution in [2.75, 3.05) is 11.4 Å². The van der Waals surface area contributed by atoms with Gasteiger partial charge < -0.3 is 10.0 Å². The average Bonchev–Trinajstić information content (AvgIpc) is 2.94. The number of carbonyl (C=O) groups is 3. The highest BCUT2D eigenvalue weighted by molar-refractivity contribution is 6.04. The normalized spacial score (nSPS) is 21.4. The molecule has 3 rings (SSSR count). The maximum atomic E-state index is 12.0. The van der Waals surface area contributed by atoms with Crippen LogP contribution in [0.4, 0.5) is 5.69 Å². The van der Waals surface area contributed by atoms with Crippen LogP contribution in [0.5, 0.6) is 0 Å². The molecule has 1 atom stereocenters. The molecule has 104 valence electrons. The molecule has 0 spiro atoms. The Morgan fingerprint density at radius 2 is 2.15 bits per heavy atom. The number of anilines is 1. The molecule has 5 nitrogen and oxygen atoms in total. The van der Waals surface area contributed by atoms with Gasteiger partial charge in [-0.1, -0.05) is 6.07 Å². The number of rotatable bonds is 3. The van der Waals surface area contributed by atoms with Crippen molar-refractivity contribution in [2.24, 2.45) is 0 Å². The quantitative estimate of drug-likeness (QED) is 0.913. The summed E-state index contributed by atoms with van der Waals surface area (Å²) < 4.78 is 0. The van der Waals surface area contributed by atoms with E-state index in [1.807, 2.05) is 6.07 Å². The Labute approximate surface area is 116 Å². The summed E-state index contributed by atoms with van der Waals surface area (Å²) in [5.41, 5.74) is 2.12. The molecule has 1 fully saturated rings. The zero-order valence-corrected chi connectivity index (χ0v) is 11.0. The molecule has 1 aliphatic carbocycles. The molecule has 1 aromatic rings. The van der Waals surface area contributed by atoms with Crippen molar-refractivity contribution in [3.8, 4) is 0 Å². The summed E-state index contributed by atoms with van der Waals surface area (Å²) in [6.45, 7) is 0.685. The van der Waals surface area contributed by atoms with Crippen molar-refractivity contribution in [1.82, 2.24) is 0 Å². The molecule has 20 heavy (non-hydrogen) atoms. The maximum absolute atomic E-state index is 12.0. The molecule has 1 aromatic carbocycles. The summed E-state index contributed by atoms with van der Waals surface area (Å²) >= 11 is 0. The van der Waals surface area contributed by atoms with Gasteiger partial charge in [0.1, 0.15) is 0 Å². The SMILES string of the molecule is O=C(O)C[C@@H]1CC(=O)c2cc(N3CCCC3=O)ccc21. The van der Waals surface area contributed by atoms with Crippen LogP contribution in [-0.2, 0) is 9.59 Å². The number of carboxylic acid groups (broad SMARTS) is 1. The number of hydrogen-bond donors (Lipinski definition) is 1. The molecular weight excluding hydrogens is 258 g/mol. The topological polar surface area (TPSA) is 74.7 Å². The predicted octanol–water partition coefficient (Wildman–Crippen LogP) is 1.96. The highest BCUT2D eigenvalue weighted by atomic mass is 16.4. The van der Waals surface area contributed by atoms with Crippen molar-refractivity contribution < 1.29 is 19.5 Å². The second kappa shape index (κ2) is 4.74. The average molecular weight is 273 g/mol. The Morgan fingerprint density at radius 3 is 2.80 bits per heavy atom. The smallest absolute Gasteiger partial charge is 0.303 e. The van der Waals surface area contributed by atoms with Crippen LogP contribution in [0.25, 0.3) is 0 Å². The number of nitrogens with zero attached hydrogens (tertiary/aromatic N) is 1. The molecule has 5 heteroatoms. The number of hydrogen-bond acceptors (Lipinski definition) is 3. The van der Waals surface area contributed by atoms with E-state index in [0.717, 1.165) is 17.7 Å². The van der Waals surface area contributed by atoms with Crippen molar-refractivity contribution in [3.63, 3.8) is 0 Å². The molecule has 2 aliphatic rings. The summed E-state index contributed by atoms with van der Waals surface area (Å²) in [6.07, 6.45) is 1.61. The van der Waals surface area contributed by atoms with Gasteiger partial charge in [-0.15, -0.1) is 0 Å². The van der Waals surface area contributed by atoms with Gasteiger partial charge in [-0.05, 0) is 24.1 Å². The van der Waals surface area contributed by atoms with Gasteiger partial charge in [0.2, 0.25) is 5.91 Å². The fourth-order valence-corrected chi connectivity index (χ4v) is 3.07. The number of benzene rings is 1. The first-order valence-corrected chi connectivity index (χ1v) is 6.75. The first-order valence-electron chi connectivity index (χ1n) is 6.75. The van der Waals surface area contributed by atoms with Crippen LogP contribution < -0.4 is 4.90 Å². The number of fused-ring (bicyclic) bond motifs is 1. The van der Waals surface area contributed by atoms with Gasteiger partial charge in [-0.2, -0.15) is 0 Å². The summed E-state index contributed by atoms with van der Waals surface area (Å²) in [5, 5.41) is 8.88. The number of amides is 1. The summed E-state index contributed by atoms with van der Waals surface area (Å²) in [5.74, 6) is -1.08. The van der Waals surface area contributed by atoms with Crippen LogP contribution in [0, 0.1) is 0 Å². The van der Waals surface area contributed by atoms with Gasteiger partial charge in [0.05, 0.1) is 6.42 Å². The van der Waals surface area contributed by atoms with Crippen LogP contribution in [0.2, 0.25) is 0 Å². The summed E-state index contributed by atoms with van der Waals surface area (Å²) in [7, 11) is 0. The minimum Gasteiger partial charge on any atom is -0.481 e. The third-order valence-electron chi connectivity index (χ3n) is 4.02. The fourth-order valence-electron chi connectivity index (χ4n) is 3.07. The van der Waals surface area contributed by atoms with Crippen LogP contribution in [0.3, 0.4) is 0 Å². The number of carbonyl (C=O) groups excluding carboxylic acids is 2. The lowest BCUT2D eigenvalue weighted by molar-refractivity contribution is -0.137. The van der Waals surface area contributed by atoms with Gasteiger partial charge >= 0.3 is 5.97 Å². The molecule has 1 saturated heterocycles. The van der Waals surface area contributed by atoms with E-state index in [4.69, 9.17) is 5.11 Å². The molecule has 0 unspecified atom stereocenters. The number of Topliss-reactive ketones (excluding diaryl/α,β-unsaturated/α-hetero) is 1. The Kier molecular flexibility index (Phi) is 3.04. The molecule has 1 aliphatic heterocycles. The Balaban J connectivity index is 1.93. The van der Waals surface area contributed by atoms with E-state index in [0.29, 0.717) is 18.5 Å². The summed E-state index contributed by atoms with van der Waals surface area (Å²) in [6, 6.07) is 5.35. The molecule has 0 radical (unpaired) electrons. The second-order valence-electron chi connectivity index (χ2n) is 5.34. The zero-order chi connectivity index (χ0) is 14.3. The first kappa shape index (κ1) is 12.8. The van der Waals surface area contributed by atoms with E-state index >= 15 is 0 Å². The fraction of sp³-hybridized carbons (Fsp3) is 0.400. The van der Waals surface area contributed by atoms with Crippen LogP contribution >= 0.6 is 0 Å². The number of ketones is 1. The van der Waals surface area contributed by atoms with Gasteiger partial charge in [-0.25, -0.2) is 0 Å². The Bertz CT molecular complexity index is 608. The van der Waals surface area contributed by atoms with Crippen molar-refractivity contribution in [1.29, 1.82) is 0 Å². The van der Waals surface area contributed by atoms with Crippen molar-refractivity contribution in [2.45, 2.75) is 31.6 Å². The van der Waals surface area contributed by atoms with Crippen LogP contribution in [-0.4, -0.2) is 29.3 Å². The lowest BCUT2D eigenvalue weighted by atomic mass is 9.97. The molecule has 1 amide bonds. The minimum atomic E-state index is -0.894. The molecule has 1 N–H and O–H groups in total. The Morgan fingerprint density at radius 1 is 1.35 bits per heavy atom. The van der Waals surface area contributed by atoms with E-state index in [9.17, 15) is 14.4 Å². The lowest BCUT2D eigenvalue weighted by Crippen LogP contribution is -2.23. The van der Waals surface area contributed by atoms with E-state index in [1.165, 1.54) is 0 Å². The predicted molar refractivity (Wildman–Crippen MR) is 72.0 cm³/mol. The maximum Gasteiger partial charge on any atom is 0.303 e. The Hall–Kier alpha value is -2.17. The highest BCUT2D eigenvalue weighted by Crippen LogP contribution is 2.37. The zero-order valence-electron chi connectivity index (χ0n) is 11.0. The lowest BCUT2D eigenvalue weighted by Gasteiger charge is -2.17. The van der Waals surface area contributed by atoms with E-state index in [-0.39, 0.29) is 30.4 Å². The van der Waals surface area contributed by atoms with E-state index in [1.54, 1.807) is 17.0 Å². The minimum absolute atomic E-state index is 0.0271. The molecule has 0 saturated carbocycles. The van der Waals surface area contributed by atoms with Crippen molar-refractivity contribution >= 4 is 23.3 Å². The third-order valence-corrected chi connectivity index (χ3v) is 4.02. The van der Waals surface area contributed by atoms with Gasteiger partial charge in [-0.3, -0.25) is 14.4 Å². The van der Waals surface area contributed by atoms with Crippen LogP contribution in [0.1, 0.15) is 47.5 Å².